The smallest absolute Gasteiger partial charge is 0.216 e. The fourth-order valence-corrected chi connectivity index (χ4v) is 2.05. The number of allylic oxidation sites excluding steroid dienone is 1. The Bertz CT molecular complexity index is 859. The second kappa shape index (κ2) is 6.31. The standard InChI is InChI=1S/C15H13N5OS/c1-11(9-13-3-2-8-21-13)10-17-20-14(18-19-15(20)22)12-4-6-16-7-5-12/h2-10H,1H3,(H,19,22)/b11-9-,17-10-. The van der Waals surface area contributed by atoms with E-state index >= 15 is 0 Å². The average Bonchev–Trinajstić information content (AvgIpc) is 3.16. The maximum Gasteiger partial charge on any atom is 0.216 e. The number of aromatic nitrogens is 4. The van der Waals surface area contributed by atoms with Crippen LogP contribution in [0.4, 0.5) is 0 Å². The molecule has 0 aromatic carbocycles. The van der Waals surface area contributed by atoms with Crippen LogP contribution in [0.1, 0.15) is 12.7 Å². The van der Waals surface area contributed by atoms with Gasteiger partial charge in [-0.3, -0.25) is 4.98 Å². The number of nitrogens with zero attached hydrogens (tertiary/aromatic N) is 4. The van der Waals surface area contributed by atoms with Gasteiger partial charge in [0.05, 0.1) is 12.5 Å². The van der Waals surface area contributed by atoms with Crippen molar-refractivity contribution >= 4 is 24.5 Å². The van der Waals surface area contributed by atoms with Gasteiger partial charge < -0.3 is 4.42 Å². The number of hydrogen-bond acceptors (Lipinski definition) is 5. The third kappa shape index (κ3) is 3.09. The van der Waals surface area contributed by atoms with Gasteiger partial charge in [-0.1, -0.05) is 0 Å². The van der Waals surface area contributed by atoms with E-state index in [0.717, 1.165) is 16.9 Å². The minimum Gasteiger partial charge on any atom is -0.465 e. The summed E-state index contributed by atoms with van der Waals surface area (Å²) in [6, 6.07) is 7.41. The first-order valence-electron chi connectivity index (χ1n) is 6.58. The minimum atomic E-state index is 0.425. The van der Waals surface area contributed by atoms with E-state index in [0.29, 0.717) is 10.6 Å². The highest BCUT2D eigenvalue weighted by atomic mass is 32.1. The molecular formula is C15H13N5OS. The molecule has 0 amide bonds. The molecule has 7 heteroatoms. The van der Waals surface area contributed by atoms with Gasteiger partial charge in [-0.05, 0) is 55.1 Å². The summed E-state index contributed by atoms with van der Waals surface area (Å²) in [5.74, 6) is 1.41. The van der Waals surface area contributed by atoms with E-state index < -0.39 is 0 Å². The van der Waals surface area contributed by atoms with Crippen molar-refractivity contribution in [2.45, 2.75) is 6.92 Å². The van der Waals surface area contributed by atoms with Crippen LogP contribution >= 0.6 is 12.2 Å². The highest BCUT2D eigenvalue weighted by molar-refractivity contribution is 7.71. The molecule has 3 aromatic rings. The number of aromatic amines is 1. The van der Waals surface area contributed by atoms with E-state index in [-0.39, 0.29) is 0 Å². The molecule has 0 saturated carbocycles. The predicted molar refractivity (Wildman–Crippen MR) is 86.9 cm³/mol. The van der Waals surface area contributed by atoms with Gasteiger partial charge >= 0.3 is 0 Å². The number of H-pyrrole nitrogens is 1. The third-order valence-electron chi connectivity index (χ3n) is 2.88. The quantitative estimate of drug-likeness (QED) is 0.591. The fraction of sp³-hybridized carbons (Fsp3) is 0.0667. The van der Waals surface area contributed by atoms with Crippen LogP contribution in [0.5, 0.6) is 0 Å². The molecule has 0 aliphatic heterocycles. The number of nitrogens with one attached hydrogen (secondary N) is 1. The maximum absolute atomic E-state index is 5.27. The Hall–Kier alpha value is -2.80. The zero-order chi connectivity index (χ0) is 15.4. The Morgan fingerprint density at radius 3 is 2.91 bits per heavy atom. The Morgan fingerprint density at radius 1 is 1.36 bits per heavy atom. The molecule has 0 atom stereocenters. The van der Waals surface area contributed by atoms with Crippen LogP contribution < -0.4 is 0 Å². The summed E-state index contributed by atoms with van der Waals surface area (Å²) in [5.41, 5.74) is 1.81. The van der Waals surface area contributed by atoms with Crippen LogP contribution in [0.2, 0.25) is 0 Å². The lowest BCUT2D eigenvalue weighted by Crippen LogP contribution is -1.95. The SMILES string of the molecule is CC(/C=N\n1c(-c2ccncc2)n[nH]c1=S)=C/c1ccco1. The van der Waals surface area contributed by atoms with Crippen molar-refractivity contribution in [3.8, 4) is 11.4 Å². The highest BCUT2D eigenvalue weighted by Crippen LogP contribution is 2.15. The third-order valence-corrected chi connectivity index (χ3v) is 3.14. The van der Waals surface area contributed by atoms with Crippen molar-refractivity contribution in [3.05, 3.63) is 59.0 Å². The number of pyridine rings is 1. The monoisotopic (exact) mass is 311 g/mol. The van der Waals surface area contributed by atoms with Gasteiger partial charge in [0.15, 0.2) is 5.82 Å². The summed E-state index contributed by atoms with van der Waals surface area (Å²) in [6.45, 7) is 1.93. The number of rotatable bonds is 4. The van der Waals surface area contributed by atoms with Crippen molar-refractivity contribution in [2.75, 3.05) is 0 Å². The van der Waals surface area contributed by atoms with E-state index in [2.05, 4.69) is 20.3 Å². The molecule has 1 N–H and O–H groups in total. The molecule has 110 valence electrons. The minimum absolute atomic E-state index is 0.425. The van der Waals surface area contributed by atoms with Crippen molar-refractivity contribution in [1.82, 2.24) is 19.9 Å². The van der Waals surface area contributed by atoms with Gasteiger partial charge in [0, 0.05) is 18.0 Å². The van der Waals surface area contributed by atoms with Crippen LogP contribution in [-0.2, 0) is 0 Å². The molecule has 3 rings (SSSR count). The summed E-state index contributed by atoms with van der Waals surface area (Å²) in [5, 5.41) is 11.3. The summed E-state index contributed by atoms with van der Waals surface area (Å²) in [4.78, 5) is 3.99. The van der Waals surface area contributed by atoms with Crippen molar-refractivity contribution < 1.29 is 4.42 Å². The molecule has 3 heterocycles. The second-order valence-corrected chi connectivity index (χ2v) is 4.94. The van der Waals surface area contributed by atoms with E-state index in [1.165, 1.54) is 0 Å². The van der Waals surface area contributed by atoms with Gasteiger partial charge in [-0.15, -0.1) is 0 Å². The molecule has 0 fully saturated rings. The Labute approximate surface area is 131 Å². The first-order chi connectivity index (χ1) is 10.7. The molecule has 0 unspecified atom stereocenters. The number of furan rings is 1. The molecule has 6 nitrogen and oxygen atoms in total. The Balaban J connectivity index is 1.91. The normalized spacial score (nSPS) is 12.1. The lowest BCUT2D eigenvalue weighted by Gasteiger charge is -2.00. The molecule has 0 spiro atoms. The van der Waals surface area contributed by atoms with Gasteiger partial charge in [-0.25, -0.2) is 5.10 Å². The summed E-state index contributed by atoms with van der Waals surface area (Å²) in [7, 11) is 0. The molecule has 0 bridgehead atoms. The van der Waals surface area contributed by atoms with E-state index in [9.17, 15) is 0 Å². The zero-order valence-corrected chi connectivity index (χ0v) is 12.6. The Morgan fingerprint density at radius 2 is 2.18 bits per heavy atom. The molecule has 3 aromatic heterocycles. The van der Waals surface area contributed by atoms with Gasteiger partial charge in [0.1, 0.15) is 5.76 Å². The van der Waals surface area contributed by atoms with Crippen LogP contribution in [0, 0.1) is 4.77 Å². The first kappa shape index (κ1) is 14.2. The van der Waals surface area contributed by atoms with Crippen molar-refractivity contribution in [1.29, 1.82) is 0 Å². The van der Waals surface area contributed by atoms with Crippen LogP contribution in [0.15, 0.2) is 58.0 Å². The molecule has 0 saturated heterocycles. The highest BCUT2D eigenvalue weighted by Gasteiger charge is 2.07. The number of hydrogen-bond donors (Lipinski definition) is 1. The first-order valence-corrected chi connectivity index (χ1v) is 6.99. The van der Waals surface area contributed by atoms with Gasteiger partial charge in [0.2, 0.25) is 4.77 Å². The molecule has 22 heavy (non-hydrogen) atoms. The molecule has 0 aliphatic carbocycles. The van der Waals surface area contributed by atoms with Gasteiger partial charge in [-0.2, -0.15) is 14.9 Å². The van der Waals surface area contributed by atoms with E-state index in [1.807, 2.05) is 37.3 Å². The summed E-state index contributed by atoms with van der Waals surface area (Å²) < 4.78 is 7.27. The topological polar surface area (TPSA) is 72.0 Å². The summed E-state index contributed by atoms with van der Waals surface area (Å²) in [6.07, 6.45) is 8.62. The summed E-state index contributed by atoms with van der Waals surface area (Å²) >= 11 is 5.22. The van der Waals surface area contributed by atoms with Crippen LogP contribution in [0.3, 0.4) is 0 Å². The molecule has 0 radical (unpaired) electrons. The molecule has 0 aliphatic rings. The lowest BCUT2D eigenvalue weighted by molar-refractivity contribution is 0.557. The molecular weight excluding hydrogens is 298 g/mol. The Kier molecular flexibility index (Phi) is 4.06. The average molecular weight is 311 g/mol. The second-order valence-electron chi connectivity index (χ2n) is 4.55. The lowest BCUT2D eigenvalue weighted by atomic mass is 10.2. The maximum atomic E-state index is 5.27. The van der Waals surface area contributed by atoms with E-state index in [1.54, 1.807) is 29.5 Å². The van der Waals surface area contributed by atoms with E-state index in [4.69, 9.17) is 16.6 Å². The zero-order valence-electron chi connectivity index (χ0n) is 11.8. The van der Waals surface area contributed by atoms with Crippen LogP contribution in [0.25, 0.3) is 17.5 Å². The van der Waals surface area contributed by atoms with Crippen molar-refractivity contribution in [2.24, 2.45) is 5.10 Å². The van der Waals surface area contributed by atoms with Crippen molar-refractivity contribution in [3.63, 3.8) is 0 Å². The predicted octanol–water partition coefficient (Wildman–Crippen LogP) is 3.53. The largest absolute Gasteiger partial charge is 0.465 e. The fourth-order valence-electron chi connectivity index (χ4n) is 1.87. The van der Waals surface area contributed by atoms with Crippen LogP contribution in [-0.4, -0.2) is 26.1 Å². The van der Waals surface area contributed by atoms with Gasteiger partial charge in [0.25, 0.3) is 0 Å².